The summed E-state index contributed by atoms with van der Waals surface area (Å²) in [5.41, 5.74) is 0.0675. The van der Waals surface area contributed by atoms with Crippen LogP contribution in [0.5, 0.6) is 5.75 Å². The van der Waals surface area contributed by atoms with Crippen LogP contribution in [0.15, 0.2) is 34.9 Å². The van der Waals surface area contributed by atoms with Crippen molar-refractivity contribution < 1.29 is 36.7 Å². The molecule has 1 aromatic heterocycles. The fourth-order valence-corrected chi connectivity index (χ4v) is 3.21. The summed E-state index contributed by atoms with van der Waals surface area (Å²) < 4.78 is 46.5. The Bertz CT molecular complexity index is 1040. The van der Waals surface area contributed by atoms with E-state index in [9.17, 15) is 27.6 Å². The lowest BCUT2D eigenvalue weighted by molar-refractivity contribution is -0.189. The SMILES string of the molecule is CC(C)(C)NC(=O)c1coc(CN2CCN(C(=O)c3ccc(OC(=O)C(F)(F)F)cc3)CC2)n1. The maximum absolute atomic E-state index is 12.7. The Morgan fingerprint density at radius 3 is 2.24 bits per heavy atom. The van der Waals surface area contributed by atoms with Crippen molar-refractivity contribution in [2.75, 3.05) is 26.2 Å². The fourth-order valence-electron chi connectivity index (χ4n) is 3.21. The number of esters is 1. The Morgan fingerprint density at radius 2 is 1.68 bits per heavy atom. The Morgan fingerprint density at radius 1 is 1.06 bits per heavy atom. The van der Waals surface area contributed by atoms with E-state index < -0.39 is 17.7 Å². The van der Waals surface area contributed by atoms with Gasteiger partial charge in [0.15, 0.2) is 5.69 Å². The summed E-state index contributed by atoms with van der Waals surface area (Å²) in [7, 11) is 0. The van der Waals surface area contributed by atoms with Crippen LogP contribution in [0.4, 0.5) is 13.2 Å². The maximum Gasteiger partial charge on any atom is 0.491 e. The van der Waals surface area contributed by atoms with Crippen LogP contribution >= 0.6 is 0 Å². The van der Waals surface area contributed by atoms with E-state index in [1.165, 1.54) is 18.4 Å². The summed E-state index contributed by atoms with van der Waals surface area (Å²) in [6.45, 7) is 7.89. The number of nitrogens with one attached hydrogen (secondary N) is 1. The molecule has 2 amide bonds. The summed E-state index contributed by atoms with van der Waals surface area (Å²) >= 11 is 0. The molecule has 0 spiro atoms. The van der Waals surface area contributed by atoms with Crippen molar-refractivity contribution in [2.45, 2.75) is 39.0 Å². The number of ether oxygens (including phenoxy) is 1. The Balaban J connectivity index is 1.50. The van der Waals surface area contributed by atoms with Gasteiger partial charge in [0.05, 0.1) is 6.54 Å². The van der Waals surface area contributed by atoms with Crippen molar-refractivity contribution in [3.63, 3.8) is 0 Å². The standard InChI is InChI=1S/C22H25F3N4O5/c1-21(2,3)27-18(30)16-13-33-17(26-16)12-28-8-10-29(11-9-28)19(31)14-4-6-15(7-5-14)34-20(32)22(23,24)25/h4-7,13H,8-12H2,1-3H3,(H,27,30). The Hall–Kier alpha value is -3.41. The summed E-state index contributed by atoms with van der Waals surface area (Å²) in [6, 6.07) is 4.90. The number of hydrogen-bond acceptors (Lipinski definition) is 7. The number of carbonyl (C=O) groups excluding carboxylic acids is 3. The molecule has 0 bridgehead atoms. The minimum absolute atomic E-state index is 0.197. The molecule has 1 aliphatic heterocycles. The lowest BCUT2D eigenvalue weighted by Gasteiger charge is -2.34. The number of oxazole rings is 1. The van der Waals surface area contributed by atoms with Gasteiger partial charge in [0.1, 0.15) is 12.0 Å². The highest BCUT2D eigenvalue weighted by Gasteiger charge is 2.41. The molecule has 0 unspecified atom stereocenters. The van der Waals surface area contributed by atoms with Gasteiger partial charge in [0.2, 0.25) is 5.89 Å². The van der Waals surface area contributed by atoms with Crippen LogP contribution in [0.1, 0.15) is 47.5 Å². The number of nitrogens with zero attached hydrogens (tertiary/aromatic N) is 3. The summed E-state index contributed by atoms with van der Waals surface area (Å²) in [6.07, 6.45) is -3.79. The monoisotopic (exact) mass is 482 g/mol. The molecular formula is C22H25F3N4O5. The molecule has 1 aliphatic rings. The number of piperazine rings is 1. The zero-order valence-corrected chi connectivity index (χ0v) is 18.9. The average Bonchev–Trinajstić information content (AvgIpc) is 3.21. The molecule has 1 aromatic carbocycles. The number of benzene rings is 1. The smallest absolute Gasteiger partial charge is 0.447 e. The highest BCUT2D eigenvalue weighted by Crippen LogP contribution is 2.21. The van der Waals surface area contributed by atoms with Crippen LogP contribution in [-0.4, -0.2) is 70.5 Å². The van der Waals surface area contributed by atoms with Crippen molar-refractivity contribution in [1.82, 2.24) is 20.1 Å². The van der Waals surface area contributed by atoms with Gasteiger partial charge in [-0.1, -0.05) is 0 Å². The predicted molar refractivity (Wildman–Crippen MR) is 113 cm³/mol. The largest absolute Gasteiger partial charge is 0.491 e. The molecule has 0 atom stereocenters. The van der Waals surface area contributed by atoms with E-state index in [2.05, 4.69) is 15.0 Å². The van der Waals surface area contributed by atoms with Gasteiger partial charge in [-0.25, -0.2) is 9.78 Å². The highest BCUT2D eigenvalue weighted by atomic mass is 19.4. The number of halogens is 3. The molecule has 0 radical (unpaired) electrons. The zero-order chi connectivity index (χ0) is 25.1. The highest BCUT2D eigenvalue weighted by molar-refractivity contribution is 5.94. The molecule has 1 saturated heterocycles. The third-order valence-electron chi connectivity index (χ3n) is 4.83. The fraction of sp³-hybridized carbons (Fsp3) is 0.455. The molecular weight excluding hydrogens is 457 g/mol. The molecule has 1 N–H and O–H groups in total. The molecule has 12 heteroatoms. The zero-order valence-electron chi connectivity index (χ0n) is 18.9. The lowest BCUT2D eigenvalue weighted by Crippen LogP contribution is -2.48. The second-order valence-electron chi connectivity index (χ2n) is 8.81. The predicted octanol–water partition coefficient (Wildman–Crippen LogP) is 2.63. The first kappa shape index (κ1) is 25.2. The molecule has 0 saturated carbocycles. The van der Waals surface area contributed by atoms with Crippen molar-refractivity contribution in [3.05, 3.63) is 47.7 Å². The summed E-state index contributed by atoms with van der Waals surface area (Å²) in [4.78, 5) is 43.6. The van der Waals surface area contributed by atoms with Crippen molar-refractivity contribution in [3.8, 4) is 5.75 Å². The number of carbonyl (C=O) groups is 3. The molecule has 9 nitrogen and oxygen atoms in total. The third kappa shape index (κ3) is 6.80. The van der Waals surface area contributed by atoms with Gasteiger partial charge in [-0.2, -0.15) is 13.2 Å². The van der Waals surface area contributed by atoms with Crippen molar-refractivity contribution in [2.24, 2.45) is 0 Å². The average molecular weight is 482 g/mol. The quantitative estimate of drug-likeness (QED) is 0.516. The second-order valence-corrected chi connectivity index (χ2v) is 8.81. The third-order valence-corrected chi connectivity index (χ3v) is 4.83. The minimum Gasteiger partial charge on any atom is -0.447 e. The van der Waals surface area contributed by atoms with E-state index in [-0.39, 0.29) is 28.8 Å². The van der Waals surface area contributed by atoms with E-state index in [1.807, 2.05) is 25.7 Å². The van der Waals surface area contributed by atoms with Gasteiger partial charge in [-0.05, 0) is 45.0 Å². The van der Waals surface area contributed by atoms with Gasteiger partial charge in [-0.15, -0.1) is 0 Å². The minimum atomic E-state index is -5.10. The van der Waals surface area contributed by atoms with Gasteiger partial charge in [0.25, 0.3) is 11.8 Å². The first-order chi connectivity index (χ1) is 15.8. The Labute approximate surface area is 193 Å². The van der Waals surface area contributed by atoms with E-state index in [0.717, 1.165) is 12.1 Å². The van der Waals surface area contributed by atoms with E-state index in [0.29, 0.717) is 38.6 Å². The first-order valence-electron chi connectivity index (χ1n) is 10.5. The van der Waals surface area contributed by atoms with Crippen LogP contribution in [0.3, 0.4) is 0 Å². The van der Waals surface area contributed by atoms with E-state index in [4.69, 9.17) is 4.42 Å². The van der Waals surface area contributed by atoms with Crippen molar-refractivity contribution >= 4 is 17.8 Å². The molecule has 34 heavy (non-hydrogen) atoms. The van der Waals surface area contributed by atoms with Gasteiger partial charge in [-0.3, -0.25) is 14.5 Å². The molecule has 3 rings (SSSR count). The van der Waals surface area contributed by atoms with Crippen LogP contribution in [0, 0.1) is 0 Å². The van der Waals surface area contributed by atoms with E-state index in [1.54, 1.807) is 4.90 Å². The number of amides is 2. The number of rotatable bonds is 5. The Kier molecular flexibility index (Phi) is 7.29. The van der Waals surface area contributed by atoms with Crippen molar-refractivity contribution in [1.29, 1.82) is 0 Å². The number of alkyl halides is 3. The lowest BCUT2D eigenvalue weighted by atomic mass is 10.1. The first-order valence-corrected chi connectivity index (χ1v) is 10.5. The summed E-state index contributed by atoms with van der Waals surface area (Å²) in [5.74, 6) is -2.84. The van der Waals surface area contributed by atoms with Crippen LogP contribution < -0.4 is 10.1 Å². The van der Waals surface area contributed by atoms with Gasteiger partial charge >= 0.3 is 12.1 Å². The number of aromatic nitrogens is 1. The van der Waals surface area contributed by atoms with E-state index >= 15 is 0 Å². The normalized spacial score (nSPS) is 15.2. The van der Waals surface area contributed by atoms with Gasteiger partial charge in [0, 0.05) is 37.3 Å². The van der Waals surface area contributed by atoms with Crippen LogP contribution in [0.25, 0.3) is 0 Å². The molecule has 1 fully saturated rings. The molecule has 2 heterocycles. The molecule has 0 aliphatic carbocycles. The summed E-state index contributed by atoms with van der Waals surface area (Å²) in [5, 5.41) is 2.81. The second kappa shape index (κ2) is 9.84. The molecule has 184 valence electrons. The van der Waals surface area contributed by atoms with Gasteiger partial charge < -0.3 is 19.4 Å². The van der Waals surface area contributed by atoms with Crippen LogP contribution in [0.2, 0.25) is 0 Å². The topological polar surface area (TPSA) is 105 Å². The van der Waals surface area contributed by atoms with Crippen LogP contribution in [-0.2, 0) is 11.3 Å². The molecule has 2 aromatic rings. The number of hydrogen-bond donors (Lipinski definition) is 1. The maximum atomic E-state index is 12.7.